The molecule has 0 radical (unpaired) electrons. The maximum Gasteiger partial charge on any atom is 0.161 e. The molecule has 3 rings (SSSR count). The molecular formula is C20H30O2. The van der Waals surface area contributed by atoms with E-state index in [4.69, 9.17) is 9.47 Å². The van der Waals surface area contributed by atoms with Gasteiger partial charge < -0.3 is 9.47 Å². The van der Waals surface area contributed by atoms with E-state index in [1.165, 1.54) is 30.4 Å². The van der Waals surface area contributed by atoms with Crippen molar-refractivity contribution in [1.82, 2.24) is 0 Å². The smallest absolute Gasteiger partial charge is 0.161 e. The Labute approximate surface area is 135 Å². The maximum absolute atomic E-state index is 5.58. The predicted octanol–water partition coefficient (Wildman–Crippen LogP) is 4.98. The Bertz CT molecular complexity index is 575. The van der Waals surface area contributed by atoms with Crippen molar-refractivity contribution in [2.24, 2.45) is 17.3 Å². The van der Waals surface area contributed by atoms with E-state index in [1.54, 1.807) is 14.2 Å². The first kappa shape index (κ1) is 15.7. The third-order valence-electron chi connectivity index (χ3n) is 6.96. The standard InChI is InChI=1S/C20H30O2/c1-13-9-10-20(4)15-12-17(22-6)16(21-5)11-14(15)7-8-18(20)19(13,2)3/h11-13,18H,7-10H2,1-6H3. The lowest BCUT2D eigenvalue weighted by atomic mass is 9.48. The minimum absolute atomic E-state index is 0.267. The molecule has 1 aromatic carbocycles. The van der Waals surface area contributed by atoms with Gasteiger partial charge in [-0.25, -0.2) is 0 Å². The van der Waals surface area contributed by atoms with Crippen LogP contribution in [-0.4, -0.2) is 14.2 Å². The van der Waals surface area contributed by atoms with Crippen LogP contribution in [0.5, 0.6) is 11.5 Å². The first-order valence-corrected chi connectivity index (χ1v) is 8.60. The van der Waals surface area contributed by atoms with Gasteiger partial charge in [0.2, 0.25) is 0 Å². The maximum atomic E-state index is 5.58. The lowest BCUT2D eigenvalue weighted by molar-refractivity contribution is -0.00609. The molecular weight excluding hydrogens is 272 g/mol. The summed E-state index contributed by atoms with van der Waals surface area (Å²) in [5.74, 6) is 3.29. The van der Waals surface area contributed by atoms with Crippen molar-refractivity contribution in [3.8, 4) is 11.5 Å². The molecule has 0 aromatic heterocycles. The normalized spacial score (nSPS) is 32.8. The van der Waals surface area contributed by atoms with Gasteiger partial charge in [-0.15, -0.1) is 0 Å². The second-order valence-electron chi connectivity index (χ2n) is 8.13. The highest BCUT2D eigenvalue weighted by atomic mass is 16.5. The number of hydrogen-bond acceptors (Lipinski definition) is 2. The molecule has 122 valence electrons. The molecule has 3 atom stereocenters. The monoisotopic (exact) mass is 302 g/mol. The summed E-state index contributed by atoms with van der Waals surface area (Å²) in [7, 11) is 3.46. The zero-order chi connectivity index (χ0) is 16.1. The van der Waals surface area contributed by atoms with E-state index in [0.717, 1.165) is 29.8 Å². The molecule has 0 saturated heterocycles. The molecule has 0 bridgehead atoms. The molecule has 0 N–H and O–H groups in total. The van der Waals surface area contributed by atoms with Crippen LogP contribution in [-0.2, 0) is 11.8 Å². The summed E-state index contributed by atoms with van der Waals surface area (Å²) in [5.41, 5.74) is 3.63. The molecule has 22 heavy (non-hydrogen) atoms. The first-order chi connectivity index (χ1) is 10.3. The lowest BCUT2D eigenvalue weighted by Gasteiger charge is -2.57. The van der Waals surface area contributed by atoms with Crippen LogP contribution in [0.15, 0.2) is 12.1 Å². The van der Waals surface area contributed by atoms with Gasteiger partial charge in [-0.1, -0.05) is 27.7 Å². The Morgan fingerprint density at radius 3 is 2.27 bits per heavy atom. The Balaban J connectivity index is 2.12. The Morgan fingerprint density at radius 2 is 1.64 bits per heavy atom. The average Bonchev–Trinajstić information content (AvgIpc) is 2.50. The van der Waals surface area contributed by atoms with Gasteiger partial charge in [0.1, 0.15) is 0 Å². The van der Waals surface area contributed by atoms with Gasteiger partial charge in [-0.05, 0) is 71.6 Å². The van der Waals surface area contributed by atoms with Crippen molar-refractivity contribution in [2.45, 2.75) is 58.8 Å². The summed E-state index contributed by atoms with van der Waals surface area (Å²) in [4.78, 5) is 0. The van der Waals surface area contributed by atoms with E-state index in [0.29, 0.717) is 5.41 Å². The van der Waals surface area contributed by atoms with Crippen LogP contribution in [0.3, 0.4) is 0 Å². The van der Waals surface area contributed by atoms with Crippen LogP contribution in [0.25, 0.3) is 0 Å². The minimum Gasteiger partial charge on any atom is -0.493 e. The highest BCUT2D eigenvalue weighted by Gasteiger charge is 2.52. The highest BCUT2D eigenvalue weighted by Crippen LogP contribution is 2.59. The van der Waals surface area contributed by atoms with Crippen LogP contribution in [0.4, 0.5) is 0 Å². The van der Waals surface area contributed by atoms with E-state index in [-0.39, 0.29) is 5.41 Å². The molecule has 2 aliphatic rings. The largest absolute Gasteiger partial charge is 0.493 e. The number of benzene rings is 1. The summed E-state index contributed by atoms with van der Waals surface area (Å²) in [6.07, 6.45) is 5.04. The minimum atomic E-state index is 0.267. The number of aryl methyl sites for hydroxylation is 1. The van der Waals surface area contributed by atoms with Crippen LogP contribution >= 0.6 is 0 Å². The van der Waals surface area contributed by atoms with Crippen LogP contribution in [0, 0.1) is 17.3 Å². The van der Waals surface area contributed by atoms with Gasteiger partial charge in [0.05, 0.1) is 14.2 Å². The fraction of sp³-hybridized carbons (Fsp3) is 0.700. The Hall–Kier alpha value is -1.18. The predicted molar refractivity (Wildman–Crippen MR) is 90.9 cm³/mol. The van der Waals surface area contributed by atoms with Crippen molar-refractivity contribution >= 4 is 0 Å². The second-order valence-corrected chi connectivity index (χ2v) is 8.13. The first-order valence-electron chi connectivity index (χ1n) is 8.60. The Kier molecular flexibility index (Phi) is 3.70. The van der Waals surface area contributed by atoms with Crippen molar-refractivity contribution < 1.29 is 9.47 Å². The molecule has 1 aromatic rings. The molecule has 2 aliphatic carbocycles. The van der Waals surface area contributed by atoms with Gasteiger partial charge in [-0.2, -0.15) is 0 Å². The van der Waals surface area contributed by atoms with E-state index >= 15 is 0 Å². The van der Waals surface area contributed by atoms with Crippen molar-refractivity contribution in [3.05, 3.63) is 23.3 Å². The summed E-state index contributed by atoms with van der Waals surface area (Å²) >= 11 is 0. The number of rotatable bonds is 2. The molecule has 2 nitrogen and oxygen atoms in total. The van der Waals surface area contributed by atoms with Crippen molar-refractivity contribution in [2.75, 3.05) is 14.2 Å². The Morgan fingerprint density at radius 1 is 1.00 bits per heavy atom. The number of ether oxygens (including phenoxy) is 2. The molecule has 0 heterocycles. The summed E-state index contributed by atoms with van der Waals surface area (Å²) in [6, 6.07) is 4.47. The molecule has 1 fully saturated rings. The van der Waals surface area contributed by atoms with Crippen LogP contribution < -0.4 is 9.47 Å². The van der Waals surface area contributed by atoms with Gasteiger partial charge in [-0.3, -0.25) is 0 Å². The van der Waals surface area contributed by atoms with Crippen LogP contribution in [0.2, 0.25) is 0 Å². The zero-order valence-corrected chi connectivity index (χ0v) is 15.0. The summed E-state index contributed by atoms with van der Waals surface area (Å²) in [5, 5.41) is 0. The second kappa shape index (κ2) is 5.18. The number of fused-ring (bicyclic) bond motifs is 3. The molecule has 0 amide bonds. The van der Waals surface area contributed by atoms with Gasteiger partial charge in [0.15, 0.2) is 11.5 Å². The summed E-state index contributed by atoms with van der Waals surface area (Å²) in [6.45, 7) is 9.87. The SMILES string of the molecule is COc1cc2c(cc1OC)C1(C)CCC(C)C(C)(C)C1CC2. The molecule has 0 aliphatic heterocycles. The third-order valence-corrected chi connectivity index (χ3v) is 6.96. The quantitative estimate of drug-likeness (QED) is 0.767. The van der Waals surface area contributed by atoms with Crippen molar-refractivity contribution in [3.63, 3.8) is 0 Å². The van der Waals surface area contributed by atoms with E-state index in [1.807, 2.05) is 0 Å². The zero-order valence-electron chi connectivity index (χ0n) is 15.0. The fourth-order valence-electron chi connectivity index (χ4n) is 5.20. The third kappa shape index (κ3) is 2.06. The topological polar surface area (TPSA) is 18.5 Å². The highest BCUT2D eigenvalue weighted by molar-refractivity contribution is 5.51. The summed E-state index contributed by atoms with van der Waals surface area (Å²) < 4.78 is 11.1. The van der Waals surface area contributed by atoms with Gasteiger partial charge in [0.25, 0.3) is 0 Å². The van der Waals surface area contributed by atoms with Crippen LogP contribution in [0.1, 0.15) is 58.1 Å². The molecule has 1 saturated carbocycles. The van der Waals surface area contributed by atoms with Crippen molar-refractivity contribution in [1.29, 1.82) is 0 Å². The average molecular weight is 302 g/mol. The fourth-order valence-corrected chi connectivity index (χ4v) is 5.20. The number of hydrogen-bond donors (Lipinski definition) is 0. The molecule has 2 heteroatoms. The van der Waals surface area contributed by atoms with E-state index in [2.05, 4.69) is 39.8 Å². The number of methoxy groups -OCH3 is 2. The molecule has 0 spiro atoms. The van der Waals surface area contributed by atoms with E-state index in [9.17, 15) is 0 Å². The van der Waals surface area contributed by atoms with Gasteiger partial charge >= 0.3 is 0 Å². The van der Waals surface area contributed by atoms with Gasteiger partial charge in [0, 0.05) is 0 Å². The van der Waals surface area contributed by atoms with E-state index < -0.39 is 0 Å². The lowest BCUT2D eigenvalue weighted by Crippen LogP contribution is -2.51. The molecule has 3 unspecified atom stereocenters.